The fourth-order valence-electron chi connectivity index (χ4n) is 4.45. The molecule has 1 saturated carbocycles. The van der Waals surface area contributed by atoms with Gasteiger partial charge >= 0.3 is 0 Å². The Kier molecular flexibility index (Phi) is 6.52. The number of hydrogen-bond acceptors (Lipinski definition) is 7. The fourth-order valence-corrected chi connectivity index (χ4v) is 5.29. The number of rotatable bonds is 6. The summed E-state index contributed by atoms with van der Waals surface area (Å²) in [5.74, 6) is 1.91. The normalized spacial score (nSPS) is 20.4. The lowest BCUT2D eigenvalue weighted by molar-refractivity contribution is 0.102. The second-order valence-corrected chi connectivity index (χ2v) is 8.83. The average Bonchev–Trinajstić information content (AvgIpc) is 3.20. The highest BCUT2D eigenvalue weighted by Crippen LogP contribution is 2.42. The Morgan fingerprint density at radius 3 is 2.73 bits per heavy atom. The highest BCUT2D eigenvalue weighted by molar-refractivity contribution is 8.14. The number of benzene rings is 1. The number of nitrogens with one attached hydrogen (secondary N) is 1. The van der Waals surface area contributed by atoms with Crippen molar-refractivity contribution in [1.82, 2.24) is 9.97 Å². The van der Waals surface area contributed by atoms with Gasteiger partial charge in [-0.2, -0.15) is 0 Å². The molecule has 3 N–H and O–H groups in total. The molecule has 0 radical (unpaired) electrons. The van der Waals surface area contributed by atoms with E-state index in [1.807, 2.05) is 12.1 Å². The minimum Gasteiger partial charge on any atom is -0.480 e. The predicted octanol–water partition coefficient (Wildman–Crippen LogP) is 3.83. The molecule has 2 atom stereocenters. The van der Waals surface area contributed by atoms with Gasteiger partial charge in [-0.3, -0.25) is 9.79 Å². The van der Waals surface area contributed by atoms with Crippen molar-refractivity contribution < 1.29 is 9.53 Å². The molecule has 2 heterocycles. The number of anilines is 1. The van der Waals surface area contributed by atoms with Crippen molar-refractivity contribution in [1.29, 1.82) is 0 Å². The van der Waals surface area contributed by atoms with Gasteiger partial charge in [0.05, 0.1) is 25.5 Å². The number of amidine groups is 1. The summed E-state index contributed by atoms with van der Waals surface area (Å²) in [4.78, 5) is 25.5. The Bertz CT molecular complexity index is 912. The second-order valence-electron chi connectivity index (χ2n) is 7.79. The quantitative estimate of drug-likeness (QED) is 0.729. The summed E-state index contributed by atoms with van der Waals surface area (Å²) in [7, 11) is 1.51. The smallest absolute Gasteiger partial charge is 0.275 e. The molecule has 1 aromatic carbocycles. The minimum absolute atomic E-state index is 0.191. The first kappa shape index (κ1) is 20.7. The number of ether oxygens (including phenoxy) is 1. The molecular weight excluding hydrogens is 398 g/mol. The van der Waals surface area contributed by atoms with Crippen LogP contribution < -0.4 is 15.8 Å². The maximum Gasteiger partial charge on any atom is 0.275 e. The molecule has 8 heteroatoms. The number of aromatic nitrogens is 2. The van der Waals surface area contributed by atoms with E-state index in [-0.39, 0.29) is 17.6 Å². The number of nitrogens with two attached hydrogens (primary N) is 1. The van der Waals surface area contributed by atoms with Crippen LogP contribution in [0.5, 0.6) is 5.88 Å². The molecular formula is C22H27N5O2S. The molecule has 2 aliphatic rings. The summed E-state index contributed by atoms with van der Waals surface area (Å²) >= 11 is 1.64. The van der Waals surface area contributed by atoms with E-state index in [0.717, 1.165) is 11.4 Å². The number of aliphatic imine (C=N–C) groups is 1. The molecule has 7 nitrogen and oxygen atoms in total. The molecule has 1 aromatic heterocycles. The van der Waals surface area contributed by atoms with Crippen LogP contribution in [0.3, 0.4) is 0 Å². The highest BCUT2D eigenvalue weighted by atomic mass is 32.2. The van der Waals surface area contributed by atoms with Gasteiger partial charge in [-0.05, 0) is 36.5 Å². The van der Waals surface area contributed by atoms with Crippen molar-refractivity contribution in [2.24, 2.45) is 16.6 Å². The van der Waals surface area contributed by atoms with E-state index < -0.39 is 0 Å². The summed E-state index contributed by atoms with van der Waals surface area (Å²) in [6.07, 6.45) is 9.14. The molecule has 1 amide bonds. The molecule has 1 aliphatic carbocycles. The molecule has 1 aliphatic heterocycles. The number of amides is 1. The second kappa shape index (κ2) is 9.47. The van der Waals surface area contributed by atoms with Gasteiger partial charge in [-0.1, -0.05) is 43.2 Å². The molecule has 30 heavy (non-hydrogen) atoms. The molecule has 0 spiro atoms. The van der Waals surface area contributed by atoms with Crippen LogP contribution in [-0.2, 0) is 0 Å². The fraction of sp³-hybridized carbons (Fsp3) is 0.455. The number of carbonyl (C=O) groups excluding carboxylic acids is 1. The predicted molar refractivity (Wildman–Crippen MR) is 120 cm³/mol. The van der Waals surface area contributed by atoms with Crippen LogP contribution in [0.1, 0.15) is 54.1 Å². The van der Waals surface area contributed by atoms with Gasteiger partial charge in [0.15, 0.2) is 5.17 Å². The molecule has 1 fully saturated rings. The lowest BCUT2D eigenvalue weighted by Crippen LogP contribution is -2.27. The topological polar surface area (TPSA) is 102 Å². The SMILES string of the molecule is COc1cnc(C(=O)Nc2cccc(C(C3CCCCC3)C3CSC(N)=N3)c2)cn1. The molecule has 158 valence electrons. The zero-order chi connectivity index (χ0) is 20.9. The Morgan fingerprint density at radius 2 is 2.07 bits per heavy atom. The van der Waals surface area contributed by atoms with Gasteiger partial charge in [0.25, 0.3) is 5.91 Å². The van der Waals surface area contributed by atoms with Crippen LogP contribution >= 0.6 is 11.8 Å². The van der Waals surface area contributed by atoms with E-state index in [2.05, 4.69) is 27.4 Å². The number of carbonyl (C=O) groups is 1. The number of methoxy groups -OCH3 is 1. The van der Waals surface area contributed by atoms with Crippen LogP contribution in [0.25, 0.3) is 0 Å². The summed E-state index contributed by atoms with van der Waals surface area (Å²) < 4.78 is 5.00. The number of hydrogen-bond donors (Lipinski definition) is 2. The van der Waals surface area contributed by atoms with Crippen LogP contribution in [0.2, 0.25) is 0 Å². The molecule has 0 bridgehead atoms. The lowest BCUT2D eigenvalue weighted by atomic mass is 9.74. The lowest BCUT2D eigenvalue weighted by Gasteiger charge is -2.33. The van der Waals surface area contributed by atoms with E-state index in [9.17, 15) is 4.79 Å². The third-order valence-electron chi connectivity index (χ3n) is 5.87. The van der Waals surface area contributed by atoms with E-state index in [1.54, 1.807) is 11.8 Å². The number of nitrogens with zero attached hydrogens (tertiary/aromatic N) is 3. The Labute approximate surface area is 180 Å². The van der Waals surface area contributed by atoms with Crippen LogP contribution in [0.15, 0.2) is 41.7 Å². The first-order valence-corrected chi connectivity index (χ1v) is 11.4. The van der Waals surface area contributed by atoms with Gasteiger partial charge in [-0.15, -0.1) is 0 Å². The van der Waals surface area contributed by atoms with E-state index in [1.165, 1.54) is 57.2 Å². The van der Waals surface area contributed by atoms with Crippen molar-refractivity contribution in [2.45, 2.75) is 44.1 Å². The van der Waals surface area contributed by atoms with Crippen molar-refractivity contribution in [3.8, 4) is 5.88 Å². The van der Waals surface area contributed by atoms with Crippen molar-refractivity contribution in [3.63, 3.8) is 0 Å². The van der Waals surface area contributed by atoms with Gasteiger partial charge in [0.1, 0.15) is 5.69 Å². The van der Waals surface area contributed by atoms with Crippen molar-refractivity contribution >= 4 is 28.5 Å². The summed E-state index contributed by atoms with van der Waals surface area (Å²) in [6, 6.07) is 8.31. The van der Waals surface area contributed by atoms with Crippen LogP contribution in [-0.4, -0.2) is 39.9 Å². The van der Waals surface area contributed by atoms with E-state index in [0.29, 0.717) is 22.9 Å². The largest absolute Gasteiger partial charge is 0.480 e. The highest BCUT2D eigenvalue weighted by Gasteiger charge is 2.34. The molecule has 2 aromatic rings. The summed E-state index contributed by atoms with van der Waals surface area (Å²) in [5, 5.41) is 3.63. The zero-order valence-electron chi connectivity index (χ0n) is 17.1. The maximum atomic E-state index is 12.6. The first-order chi connectivity index (χ1) is 14.6. The molecule has 4 rings (SSSR count). The average molecular weight is 426 g/mol. The third-order valence-corrected chi connectivity index (χ3v) is 6.78. The Balaban J connectivity index is 1.55. The van der Waals surface area contributed by atoms with Crippen LogP contribution in [0, 0.1) is 5.92 Å². The first-order valence-electron chi connectivity index (χ1n) is 10.4. The van der Waals surface area contributed by atoms with Gasteiger partial charge < -0.3 is 15.8 Å². The Hall–Kier alpha value is -2.61. The standard InChI is InChI=1S/C22H27N5O2S/c1-29-19-12-24-17(11-25-19)21(28)26-16-9-5-8-15(10-16)20(14-6-3-2-4-7-14)18-13-30-22(23)27-18/h5,8-12,14,18,20H,2-4,6-7,13H2,1H3,(H2,23,27)(H,26,28). The van der Waals surface area contributed by atoms with E-state index in [4.69, 9.17) is 15.5 Å². The van der Waals surface area contributed by atoms with Gasteiger partial charge in [0.2, 0.25) is 5.88 Å². The van der Waals surface area contributed by atoms with E-state index >= 15 is 0 Å². The van der Waals surface area contributed by atoms with Crippen LogP contribution in [0.4, 0.5) is 5.69 Å². The number of thioether (sulfide) groups is 1. The molecule has 0 saturated heterocycles. The minimum atomic E-state index is -0.296. The summed E-state index contributed by atoms with van der Waals surface area (Å²) in [5.41, 5.74) is 8.19. The third kappa shape index (κ3) is 4.75. The monoisotopic (exact) mass is 425 g/mol. The summed E-state index contributed by atoms with van der Waals surface area (Å²) in [6.45, 7) is 0. The molecule has 2 unspecified atom stereocenters. The van der Waals surface area contributed by atoms with Gasteiger partial charge in [0, 0.05) is 17.4 Å². The Morgan fingerprint density at radius 1 is 1.23 bits per heavy atom. The zero-order valence-corrected chi connectivity index (χ0v) is 17.9. The maximum absolute atomic E-state index is 12.6. The van der Waals surface area contributed by atoms with Gasteiger partial charge in [-0.25, -0.2) is 9.97 Å². The van der Waals surface area contributed by atoms with Crippen molar-refractivity contribution in [2.75, 3.05) is 18.2 Å². The van der Waals surface area contributed by atoms with Crippen molar-refractivity contribution in [3.05, 3.63) is 47.9 Å².